The second-order valence-corrected chi connectivity index (χ2v) is 4.66. The van der Waals surface area contributed by atoms with Crippen LogP contribution in [0, 0.1) is 23.7 Å². The van der Waals surface area contributed by atoms with E-state index in [9.17, 15) is 13.6 Å². The summed E-state index contributed by atoms with van der Waals surface area (Å²) in [7, 11) is 0. The number of rotatable bonds is 3. The molecule has 0 aliphatic heterocycles. The van der Waals surface area contributed by atoms with Gasteiger partial charge in [-0.15, -0.1) is 11.8 Å². The monoisotopic (exact) mass is 267 g/mol. The molecule has 0 bridgehead atoms. The van der Waals surface area contributed by atoms with E-state index in [1.807, 2.05) is 0 Å². The van der Waals surface area contributed by atoms with Crippen LogP contribution in [0.5, 0.6) is 0 Å². The standard InChI is InChI=1S/C15H19F2NO/c1-3-5-9-14(19)18(11-6-4-2)13-8-7-10-15(16,17)12-13/h13H,7-12H2,1-2H3. The highest BCUT2D eigenvalue weighted by Gasteiger charge is 2.39. The third-order valence-corrected chi connectivity index (χ3v) is 3.22. The fourth-order valence-corrected chi connectivity index (χ4v) is 2.26. The maximum atomic E-state index is 13.5. The van der Waals surface area contributed by atoms with Gasteiger partial charge in [-0.1, -0.05) is 11.8 Å². The first kappa shape index (κ1) is 15.5. The van der Waals surface area contributed by atoms with Crippen molar-refractivity contribution in [3.05, 3.63) is 0 Å². The molecule has 0 aromatic rings. The van der Waals surface area contributed by atoms with Gasteiger partial charge in [-0.2, -0.15) is 0 Å². The zero-order valence-electron chi connectivity index (χ0n) is 11.4. The molecule has 1 aliphatic carbocycles. The lowest BCUT2D eigenvalue weighted by Crippen LogP contribution is -2.45. The van der Waals surface area contributed by atoms with Crippen LogP contribution in [-0.4, -0.2) is 29.3 Å². The third kappa shape index (κ3) is 4.91. The summed E-state index contributed by atoms with van der Waals surface area (Å²) in [4.78, 5) is 13.5. The summed E-state index contributed by atoms with van der Waals surface area (Å²) in [5.74, 6) is 7.95. The van der Waals surface area contributed by atoms with E-state index < -0.39 is 12.0 Å². The van der Waals surface area contributed by atoms with Gasteiger partial charge >= 0.3 is 0 Å². The normalized spacial score (nSPS) is 20.5. The third-order valence-electron chi connectivity index (χ3n) is 3.22. The van der Waals surface area contributed by atoms with Crippen LogP contribution in [0.25, 0.3) is 0 Å². The van der Waals surface area contributed by atoms with Crippen molar-refractivity contribution >= 4 is 5.91 Å². The Bertz CT molecular complexity index is 437. The molecular weight excluding hydrogens is 248 g/mol. The molecule has 1 fully saturated rings. The number of carbonyl (C=O) groups is 1. The average Bonchev–Trinajstić information content (AvgIpc) is 2.35. The largest absolute Gasteiger partial charge is 0.328 e. The second-order valence-electron chi connectivity index (χ2n) is 4.66. The van der Waals surface area contributed by atoms with Crippen LogP contribution in [0.4, 0.5) is 8.78 Å². The highest BCUT2D eigenvalue weighted by atomic mass is 19.3. The maximum absolute atomic E-state index is 13.5. The summed E-state index contributed by atoms with van der Waals surface area (Å²) in [6.45, 7) is 3.53. The molecule has 1 rings (SSSR count). The molecule has 0 aromatic carbocycles. The first-order valence-corrected chi connectivity index (χ1v) is 6.46. The highest BCUT2D eigenvalue weighted by molar-refractivity contribution is 5.79. The van der Waals surface area contributed by atoms with E-state index in [1.165, 1.54) is 4.90 Å². The summed E-state index contributed by atoms with van der Waals surface area (Å²) in [5.41, 5.74) is 0. The lowest BCUT2D eigenvalue weighted by atomic mass is 9.90. The second kappa shape index (κ2) is 7.14. The molecule has 2 nitrogen and oxygen atoms in total. The number of carbonyl (C=O) groups excluding carboxylic acids is 1. The molecule has 1 aliphatic rings. The minimum atomic E-state index is -2.67. The van der Waals surface area contributed by atoms with Gasteiger partial charge in [0.2, 0.25) is 11.8 Å². The topological polar surface area (TPSA) is 20.3 Å². The minimum absolute atomic E-state index is 0.0734. The van der Waals surface area contributed by atoms with Gasteiger partial charge in [-0.3, -0.25) is 4.79 Å². The molecule has 0 aromatic heterocycles. The Morgan fingerprint density at radius 2 is 2.00 bits per heavy atom. The predicted molar refractivity (Wildman–Crippen MR) is 70.4 cm³/mol. The zero-order chi connectivity index (χ0) is 14.3. The van der Waals surface area contributed by atoms with Crippen LogP contribution in [0.2, 0.25) is 0 Å². The quantitative estimate of drug-likeness (QED) is 0.720. The van der Waals surface area contributed by atoms with E-state index in [1.54, 1.807) is 13.8 Å². The minimum Gasteiger partial charge on any atom is -0.328 e. The van der Waals surface area contributed by atoms with E-state index in [4.69, 9.17) is 0 Å². The van der Waals surface area contributed by atoms with Crippen molar-refractivity contribution in [2.24, 2.45) is 0 Å². The van der Waals surface area contributed by atoms with Gasteiger partial charge in [0.05, 0.1) is 13.0 Å². The lowest BCUT2D eigenvalue weighted by molar-refractivity contribution is -0.135. The molecule has 0 spiro atoms. The molecule has 0 radical (unpaired) electrons. The van der Waals surface area contributed by atoms with Crippen LogP contribution in [0.15, 0.2) is 0 Å². The van der Waals surface area contributed by atoms with Crippen molar-refractivity contribution < 1.29 is 13.6 Å². The SMILES string of the molecule is CC#CCC(=O)N(CC#CC)C1CCCC(F)(F)C1. The van der Waals surface area contributed by atoms with Crippen LogP contribution in [0.3, 0.4) is 0 Å². The van der Waals surface area contributed by atoms with E-state index in [0.717, 1.165) is 0 Å². The molecule has 4 heteroatoms. The fourth-order valence-electron chi connectivity index (χ4n) is 2.26. The van der Waals surface area contributed by atoms with Crippen LogP contribution in [-0.2, 0) is 4.79 Å². The number of alkyl halides is 2. The number of nitrogens with zero attached hydrogens (tertiary/aromatic N) is 1. The summed E-state index contributed by atoms with van der Waals surface area (Å²) in [6, 6.07) is -0.421. The van der Waals surface area contributed by atoms with Crippen LogP contribution in [0.1, 0.15) is 46.0 Å². The molecule has 1 saturated carbocycles. The summed E-state index contributed by atoms with van der Waals surface area (Å²) in [6.07, 6.45) is 0.792. The molecule has 104 valence electrons. The van der Waals surface area contributed by atoms with Crippen molar-refractivity contribution in [2.45, 2.75) is 57.9 Å². The highest BCUT2D eigenvalue weighted by Crippen LogP contribution is 2.35. The number of halogens is 2. The Balaban J connectivity index is 2.78. The summed E-state index contributed by atoms with van der Waals surface area (Å²) in [5, 5.41) is 0. The van der Waals surface area contributed by atoms with Crippen molar-refractivity contribution in [3.8, 4) is 23.7 Å². The molecule has 0 N–H and O–H groups in total. The number of amides is 1. The zero-order valence-corrected chi connectivity index (χ0v) is 11.4. The average molecular weight is 267 g/mol. The van der Waals surface area contributed by atoms with Crippen molar-refractivity contribution in [2.75, 3.05) is 6.54 Å². The maximum Gasteiger partial charge on any atom is 0.250 e. The Hall–Kier alpha value is -1.55. The van der Waals surface area contributed by atoms with Gasteiger partial charge in [-0.05, 0) is 26.7 Å². The Kier molecular flexibility index (Phi) is 5.83. The Labute approximate surface area is 113 Å². The molecule has 0 heterocycles. The van der Waals surface area contributed by atoms with E-state index in [2.05, 4.69) is 23.7 Å². The van der Waals surface area contributed by atoms with Crippen molar-refractivity contribution in [1.82, 2.24) is 4.90 Å². The fraction of sp³-hybridized carbons (Fsp3) is 0.667. The van der Waals surface area contributed by atoms with E-state index in [0.29, 0.717) is 12.8 Å². The Morgan fingerprint density at radius 3 is 2.58 bits per heavy atom. The molecule has 19 heavy (non-hydrogen) atoms. The van der Waals surface area contributed by atoms with Gasteiger partial charge in [0, 0.05) is 18.9 Å². The molecule has 1 amide bonds. The molecule has 1 atom stereocenters. The first-order valence-electron chi connectivity index (χ1n) is 6.46. The van der Waals surface area contributed by atoms with Crippen LogP contribution >= 0.6 is 0 Å². The molecular formula is C15H19F2NO. The summed E-state index contributed by atoms with van der Waals surface area (Å²) < 4.78 is 26.9. The van der Waals surface area contributed by atoms with Crippen molar-refractivity contribution in [1.29, 1.82) is 0 Å². The predicted octanol–water partition coefficient (Wildman–Crippen LogP) is 2.83. The van der Waals surface area contributed by atoms with Crippen molar-refractivity contribution in [3.63, 3.8) is 0 Å². The van der Waals surface area contributed by atoms with Crippen LogP contribution < -0.4 is 0 Å². The van der Waals surface area contributed by atoms with Gasteiger partial charge in [-0.25, -0.2) is 8.78 Å². The first-order chi connectivity index (χ1) is 9.00. The molecule has 1 unspecified atom stereocenters. The molecule has 0 saturated heterocycles. The van der Waals surface area contributed by atoms with Gasteiger partial charge < -0.3 is 4.90 Å². The summed E-state index contributed by atoms with van der Waals surface area (Å²) >= 11 is 0. The van der Waals surface area contributed by atoms with Gasteiger partial charge in [0.25, 0.3) is 0 Å². The smallest absolute Gasteiger partial charge is 0.250 e. The Morgan fingerprint density at radius 1 is 1.32 bits per heavy atom. The lowest BCUT2D eigenvalue weighted by Gasteiger charge is -2.36. The van der Waals surface area contributed by atoms with Gasteiger partial charge in [0.1, 0.15) is 0 Å². The number of hydrogen-bond acceptors (Lipinski definition) is 1. The number of hydrogen-bond donors (Lipinski definition) is 0. The van der Waals surface area contributed by atoms with E-state index >= 15 is 0 Å². The van der Waals surface area contributed by atoms with E-state index in [-0.39, 0.29) is 31.7 Å². The van der Waals surface area contributed by atoms with Gasteiger partial charge in [0.15, 0.2) is 0 Å².